The smallest absolute Gasteiger partial charge is 0.287 e. The minimum Gasteiger partial charge on any atom is -0.459 e. The highest BCUT2D eigenvalue weighted by Crippen LogP contribution is 2.28. The van der Waals surface area contributed by atoms with Gasteiger partial charge in [0.05, 0.1) is 12.3 Å². The fourth-order valence-corrected chi connectivity index (χ4v) is 3.11. The molecule has 0 bridgehead atoms. The van der Waals surface area contributed by atoms with Gasteiger partial charge in [-0.25, -0.2) is 0 Å². The molecule has 0 aliphatic heterocycles. The Kier molecular flexibility index (Phi) is 4.99. The van der Waals surface area contributed by atoms with E-state index >= 15 is 0 Å². The van der Waals surface area contributed by atoms with E-state index in [9.17, 15) is 9.59 Å². The lowest BCUT2D eigenvalue weighted by Crippen LogP contribution is -2.45. The average molecular weight is 326 g/mol. The van der Waals surface area contributed by atoms with E-state index in [1.54, 1.807) is 19.1 Å². The van der Waals surface area contributed by atoms with Gasteiger partial charge < -0.3 is 15.1 Å². The molecule has 0 spiro atoms. The Morgan fingerprint density at radius 2 is 2.00 bits per heavy atom. The molecule has 0 saturated heterocycles. The van der Waals surface area contributed by atoms with Crippen molar-refractivity contribution in [3.8, 4) is 0 Å². The molecule has 1 heterocycles. The molecule has 5 nitrogen and oxygen atoms in total. The van der Waals surface area contributed by atoms with Gasteiger partial charge >= 0.3 is 0 Å². The zero-order chi connectivity index (χ0) is 16.9. The summed E-state index contributed by atoms with van der Waals surface area (Å²) in [5.74, 6) is -0.366. The maximum absolute atomic E-state index is 12.5. The number of nitrogens with one attached hydrogen (secondary N) is 2. The average Bonchev–Trinajstić information content (AvgIpc) is 3.05. The van der Waals surface area contributed by atoms with E-state index in [1.807, 2.05) is 12.1 Å². The Morgan fingerprint density at radius 3 is 2.79 bits per heavy atom. The fraction of sp³-hybridized carbons (Fsp3) is 0.368. The Hall–Kier alpha value is -2.56. The van der Waals surface area contributed by atoms with Crippen molar-refractivity contribution >= 4 is 11.8 Å². The fourth-order valence-electron chi connectivity index (χ4n) is 3.11. The Morgan fingerprint density at radius 1 is 1.17 bits per heavy atom. The molecule has 0 radical (unpaired) electrons. The van der Waals surface area contributed by atoms with Gasteiger partial charge in [-0.2, -0.15) is 0 Å². The van der Waals surface area contributed by atoms with Crippen LogP contribution in [0.5, 0.6) is 0 Å². The van der Waals surface area contributed by atoms with Gasteiger partial charge in [0.1, 0.15) is 6.04 Å². The molecule has 3 rings (SSSR count). The molecule has 2 atom stereocenters. The van der Waals surface area contributed by atoms with E-state index in [2.05, 4.69) is 22.8 Å². The van der Waals surface area contributed by atoms with Crippen LogP contribution in [-0.2, 0) is 11.2 Å². The largest absolute Gasteiger partial charge is 0.459 e. The summed E-state index contributed by atoms with van der Waals surface area (Å²) in [4.78, 5) is 24.5. The summed E-state index contributed by atoms with van der Waals surface area (Å²) >= 11 is 0. The van der Waals surface area contributed by atoms with Gasteiger partial charge in [0.2, 0.25) is 5.91 Å². The number of benzene rings is 1. The molecule has 0 unspecified atom stereocenters. The third-order valence-electron chi connectivity index (χ3n) is 4.42. The van der Waals surface area contributed by atoms with Gasteiger partial charge in [-0.3, -0.25) is 9.59 Å². The second-order valence-electron chi connectivity index (χ2n) is 6.18. The first-order valence-electron chi connectivity index (χ1n) is 8.37. The highest BCUT2D eigenvalue weighted by Gasteiger charge is 2.24. The molecule has 126 valence electrons. The van der Waals surface area contributed by atoms with E-state index in [0.717, 1.165) is 25.7 Å². The summed E-state index contributed by atoms with van der Waals surface area (Å²) in [6.45, 7) is 1.68. The second-order valence-corrected chi connectivity index (χ2v) is 6.18. The first-order valence-corrected chi connectivity index (χ1v) is 8.37. The van der Waals surface area contributed by atoms with Crippen LogP contribution in [-0.4, -0.2) is 17.9 Å². The van der Waals surface area contributed by atoms with Crippen LogP contribution in [0.1, 0.15) is 53.9 Å². The monoisotopic (exact) mass is 326 g/mol. The zero-order valence-corrected chi connectivity index (χ0v) is 13.7. The van der Waals surface area contributed by atoms with E-state index < -0.39 is 6.04 Å². The summed E-state index contributed by atoms with van der Waals surface area (Å²) in [6, 6.07) is 10.8. The zero-order valence-electron chi connectivity index (χ0n) is 13.7. The van der Waals surface area contributed by atoms with Crippen molar-refractivity contribution in [2.45, 2.75) is 44.7 Å². The number of furan rings is 1. The number of amides is 2. The summed E-state index contributed by atoms with van der Waals surface area (Å²) in [5.41, 5.74) is 2.49. The molecule has 1 aliphatic carbocycles. The van der Waals surface area contributed by atoms with Gasteiger partial charge in [-0.15, -0.1) is 0 Å². The maximum atomic E-state index is 12.5. The standard InChI is InChI=1S/C19H22N2O3/c1-13(20-19(23)17-11-6-12-24-17)18(22)21-16-10-5-3-8-14-7-2-4-9-15(14)16/h2,4,6-7,9,11-13,16H,3,5,8,10H2,1H3,(H,20,23)(H,21,22)/t13-,16+/m0/s1. The van der Waals surface area contributed by atoms with Crippen molar-refractivity contribution in [2.75, 3.05) is 0 Å². The minimum atomic E-state index is -0.627. The molecule has 1 aromatic carbocycles. The number of aryl methyl sites for hydroxylation is 1. The molecule has 1 aromatic heterocycles. The van der Waals surface area contributed by atoms with Crippen LogP contribution >= 0.6 is 0 Å². The Bertz CT molecular complexity index is 709. The molecule has 24 heavy (non-hydrogen) atoms. The summed E-state index contributed by atoms with van der Waals surface area (Å²) in [7, 11) is 0. The lowest BCUT2D eigenvalue weighted by Gasteiger charge is -2.22. The normalized spacial score (nSPS) is 18.1. The van der Waals surface area contributed by atoms with E-state index in [1.165, 1.54) is 17.4 Å². The van der Waals surface area contributed by atoms with Crippen LogP contribution in [0.3, 0.4) is 0 Å². The van der Waals surface area contributed by atoms with Crippen LogP contribution in [0.15, 0.2) is 47.1 Å². The van der Waals surface area contributed by atoms with Crippen molar-refractivity contribution in [1.29, 1.82) is 0 Å². The predicted molar refractivity (Wildman–Crippen MR) is 90.5 cm³/mol. The van der Waals surface area contributed by atoms with Gasteiger partial charge in [0, 0.05) is 0 Å². The van der Waals surface area contributed by atoms with Crippen LogP contribution in [0.2, 0.25) is 0 Å². The van der Waals surface area contributed by atoms with Gasteiger partial charge in [-0.05, 0) is 49.4 Å². The van der Waals surface area contributed by atoms with Crippen molar-refractivity contribution < 1.29 is 14.0 Å². The van der Waals surface area contributed by atoms with Crippen molar-refractivity contribution in [2.24, 2.45) is 0 Å². The number of fused-ring (bicyclic) bond motifs is 1. The van der Waals surface area contributed by atoms with Gasteiger partial charge in [0.15, 0.2) is 5.76 Å². The number of carbonyl (C=O) groups is 2. The first kappa shape index (κ1) is 16.3. The summed E-state index contributed by atoms with van der Waals surface area (Å²) < 4.78 is 5.05. The van der Waals surface area contributed by atoms with Gasteiger partial charge in [-0.1, -0.05) is 30.7 Å². The molecule has 2 amide bonds. The van der Waals surface area contributed by atoms with Crippen LogP contribution < -0.4 is 10.6 Å². The molecular weight excluding hydrogens is 304 g/mol. The lowest BCUT2D eigenvalue weighted by molar-refractivity contribution is -0.123. The molecule has 0 saturated carbocycles. The molecular formula is C19H22N2O3. The summed E-state index contributed by atoms with van der Waals surface area (Å²) in [6.07, 6.45) is 5.61. The van der Waals surface area contributed by atoms with Crippen molar-refractivity contribution in [3.63, 3.8) is 0 Å². The van der Waals surface area contributed by atoms with Crippen LogP contribution in [0.4, 0.5) is 0 Å². The predicted octanol–water partition coefficient (Wildman–Crippen LogP) is 2.98. The number of carbonyl (C=O) groups excluding carboxylic acids is 2. The molecule has 2 aromatic rings. The Labute approximate surface area is 141 Å². The SMILES string of the molecule is C[C@H](NC(=O)c1ccco1)C(=O)N[C@@H]1CCCCc2ccccc21. The number of hydrogen-bond donors (Lipinski definition) is 2. The third kappa shape index (κ3) is 3.67. The highest BCUT2D eigenvalue weighted by atomic mass is 16.3. The molecule has 0 fully saturated rings. The van der Waals surface area contributed by atoms with Crippen LogP contribution in [0.25, 0.3) is 0 Å². The first-order chi connectivity index (χ1) is 11.6. The van der Waals surface area contributed by atoms with Gasteiger partial charge in [0.25, 0.3) is 5.91 Å². The van der Waals surface area contributed by atoms with E-state index in [-0.39, 0.29) is 23.6 Å². The molecule has 1 aliphatic rings. The summed E-state index contributed by atoms with van der Waals surface area (Å²) in [5, 5.41) is 5.75. The quantitative estimate of drug-likeness (QED) is 0.849. The van der Waals surface area contributed by atoms with Crippen molar-refractivity contribution in [3.05, 3.63) is 59.5 Å². The van der Waals surface area contributed by atoms with E-state index in [0.29, 0.717) is 0 Å². The maximum Gasteiger partial charge on any atom is 0.287 e. The van der Waals surface area contributed by atoms with E-state index in [4.69, 9.17) is 4.42 Å². The minimum absolute atomic E-state index is 0.000773. The molecule has 5 heteroatoms. The lowest BCUT2D eigenvalue weighted by atomic mass is 9.99. The second kappa shape index (κ2) is 7.34. The number of hydrogen-bond acceptors (Lipinski definition) is 3. The third-order valence-corrected chi connectivity index (χ3v) is 4.42. The Balaban J connectivity index is 1.65. The van der Waals surface area contributed by atoms with Crippen molar-refractivity contribution in [1.82, 2.24) is 10.6 Å². The highest BCUT2D eigenvalue weighted by molar-refractivity contribution is 5.95. The molecule has 2 N–H and O–H groups in total. The number of rotatable bonds is 4. The topological polar surface area (TPSA) is 71.3 Å². The van der Waals surface area contributed by atoms with Crippen LogP contribution in [0, 0.1) is 0 Å².